The van der Waals surface area contributed by atoms with E-state index in [0.29, 0.717) is 34.9 Å². The SMILES string of the molecule is CCOc1ccc([C@H](C(=O)NC2CCCC2)N(C(=O)Cn2nnc3ccccc32)c2cccc(C)c2)cc1OC. The highest BCUT2D eigenvalue weighted by atomic mass is 16.5. The first-order valence-electron chi connectivity index (χ1n) is 13.8. The molecule has 2 amide bonds. The minimum atomic E-state index is -0.950. The zero-order chi connectivity index (χ0) is 28.1. The van der Waals surface area contributed by atoms with E-state index in [1.165, 1.54) is 0 Å². The van der Waals surface area contributed by atoms with E-state index in [1.54, 1.807) is 28.8 Å². The summed E-state index contributed by atoms with van der Waals surface area (Å²) in [7, 11) is 1.56. The maximum atomic E-state index is 14.2. The lowest BCUT2D eigenvalue weighted by Gasteiger charge is -2.33. The van der Waals surface area contributed by atoms with Gasteiger partial charge < -0.3 is 14.8 Å². The van der Waals surface area contributed by atoms with Crippen LogP contribution < -0.4 is 19.7 Å². The van der Waals surface area contributed by atoms with Crippen molar-refractivity contribution in [3.8, 4) is 11.5 Å². The van der Waals surface area contributed by atoms with Gasteiger partial charge in [0, 0.05) is 11.7 Å². The summed E-state index contributed by atoms with van der Waals surface area (Å²) < 4.78 is 12.9. The van der Waals surface area contributed by atoms with Crippen LogP contribution >= 0.6 is 0 Å². The number of aromatic nitrogens is 3. The lowest BCUT2D eigenvalue weighted by molar-refractivity contribution is -0.127. The van der Waals surface area contributed by atoms with Gasteiger partial charge in [-0.1, -0.05) is 48.4 Å². The minimum absolute atomic E-state index is 0.0771. The molecule has 0 saturated heterocycles. The zero-order valence-electron chi connectivity index (χ0n) is 23.2. The van der Waals surface area contributed by atoms with Crippen LogP contribution in [0.3, 0.4) is 0 Å². The van der Waals surface area contributed by atoms with Gasteiger partial charge in [-0.15, -0.1) is 5.10 Å². The molecule has 0 aliphatic heterocycles. The zero-order valence-corrected chi connectivity index (χ0v) is 23.2. The van der Waals surface area contributed by atoms with Crippen molar-refractivity contribution in [3.63, 3.8) is 0 Å². The molecule has 208 valence electrons. The predicted octanol–water partition coefficient (Wildman–Crippen LogP) is 4.98. The molecule has 4 aromatic rings. The van der Waals surface area contributed by atoms with E-state index in [2.05, 4.69) is 15.6 Å². The normalized spacial score (nSPS) is 14.2. The van der Waals surface area contributed by atoms with E-state index >= 15 is 0 Å². The van der Waals surface area contributed by atoms with E-state index in [0.717, 1.165) is 36.8 Å². The second-order valence-electron chi connectivity index (χ2n) is 10.1. The van der Waals surface area contributed by atoms with Crippen LogP contribution in [0.25, 0.3) is 11.0 Å². The Balaban J connectivity index is 1.60. The molecule has 1 saturated carbocycles. The largest absolute Gasteiger partial charge is 0.493 e. The number of aryl methyl sites for hydroxylation is 1. The Morgan fingerprint density at radius 2 is 1.85 bits per heavy atom. The molecule has 1 atom stereocenters. The second-order valence-corrected chi connectivity index (χ2v) is 10.1. The summed E-state index contributed by atoms with van der Waals surface area (Å²) in [5.41, 5.74) is 3.66. The fourth-order valence-corrected chi connectivity index (χ4v) is 5.35. The van der Waals surface area contributed by atoms with Crippen LogP contribution in [0.4, 0.5) is 5.69 Å². The van der Waals surface area contributed by atoms with Gasteiger partial charge in [-0.05, 0) is 74.2 Å². The van der Waals surface area contributed by atoms with Gasteiger partial charge in [0.25, 0.3) is 0 Å². The molecule has 0 radical (unpaired) electrons. The molecule has 9 nitrogen and oxygen atoms in total. The number of carbonyl (C=O) groups is 2. The Bertz CT molecular complexity index is 1490. The number of methoxy groups -OCH3 is 1. The molecule has 0 spiro atoms. The number of nitrogens with zero attached hydrogens (tertiary/aromatic N) is 4. The van der Waals surface area contributed by atoms with Crippen LogP contribution in [0.5, 0.6) is 11.5 Å². The number of ether oxygens (including phenoxy) is 2. The Kier molecular flexibility index (Phi) is 8.28. The number of hydrogen-bond acceptors (Lipinski definition) is 6. The van der Waals surface area contributed by atoms with Crippen molar-refractivity contribution in [2.75, 3.05) is 18.6 Å². The highest BCUT2D eigenvalue weighted by Crippen LogP contribution is 2.35. The summed E-state index contributed by atoms with van der Waals surface area (Å²) in [4.78, 5) is 29.9. The maximum absolute atomic E-state index is 14.2. The van der Waals surface area contributed by atoms with Crippen molar-refractivity contribution in [2.45, 2.75) is 58.2 Å². The number of benzene rings is 3. The van der Waals surface area contributed by atoms with Crippen LogP contribution in [0, 0.1) is 6.92 Å². The summed E-state index contributed by atoms with van der Waals surface area (Å²) >= 11 is 0. The number of carbonyl (C=O) groups excluding carboxylic acids is 2. The fourth-order valence-electron chi connectivity index (χ4n) is 5.35. The van der Waals surface area contributed by atoms with Crippen molar-refractivity contribution in [1.29, 1.82) is 0 Å². The molecular formula is C31H35N5O4. The minimum Gasteiger partial charge on any atom is -0.493 e. The van der Waals surface area contributed by atoms with E-state index in [4.69, 9.17) is 9.47 Å². The number of nitrogens with one attached hydrogen (secondary N) is 1. The molecule has 1 aliphatic rings. The first kappa shape index (κ1) is 27.2. The Hall–Kier alpha value is -4.40. The van der Waals surface area contributed by atoms with Crippen LogP contribution in [-0.4, -0.2) is 46.6 Å². The molecule has 9 heteroatoms. The summed E-state index contributed by atoms with van der Waals surface area (Å²) in [6, 6.07) is 19.6. The van der Waals surface area contributed by atoms with E-state index < -0.39 is 6.04 Å². The predicted molar refractivity (Wildman–Crippen MR) is 153 cm³/mol. The summed E-state index contributed by atoms with van der Waals surface area (Å²) in [5, 5.41) is 11.7. The number of fused-ring (bicyclic) bond motifs is 1. The van der Waals surface area contributed by atoms with Gasteiger partial charge in [0.15, 0.2) is 11.5 Å². The molecule has 5 rings (SSSR count). The third-order valence-electron chi connectivity index (χ3n) is 7.27. The smallest absolute Gasteiger partial charge is 0.249 e. The van der Waals surface area contributed by atoms with Gasteiger partial charge >= 0.3 is 0 Å². The Morgan fingerprint density at radius 3 is 2.60 bits per heavy atom. The highest BCUT2D eigenvalue weighted by Gasteiger charge is 2.35. The number of para-hydroxylation sites is 1. The average Bonchev–Trinajstić information content (AvgIpc) is 3.62. The van der Waals surface area contributed by atoms with E-state index in [-0.39, 0.29) is 24.4 Å². The van der Waals surface area contributed by atoms with Gasteiger partial charge in [0.2, 0.25) is 11.8 Å². The van der Waals surface area contributed by atoms with Crippen molar-refractivity contribution >= 4 is 28.5 Å². The molecule has 1 aliphatic carbocycles. The van der Waals surface area contributed by atoms with Crippen molar-refractivity contribution in [3.05, 3.63) is 77.9 Å². The quantitative estimate of drug-likeness (QED) is 0.304. The number of hydrogen-bond donors (Lipinski definition) is 1. The van der Waals surface area contributed by atoms with Gasteiger partial charge in [-0.3, -0.25) is 14.5 Å². The van der Waals surface area contributed by atoms with E-state index in [1.807, 2.05) is 68.4 Å². The molecule has 40 heavy (non-hydrogen) atoms. The van der Waals surface area contributed by atoms with Crippen molar-refractivity contribution < 1.29 is 19.1 Å². The lowest BCUT2D eigenvalue weighted by Crippen LogP contribution is -2.47. The second kappa shape index (κ2) is 12.2. The highest BCUT2D eigenvalue weighted by molar-refractivity contribution is 6.01. The van der Waals surface area contributed by atoms with Crippen LogP contribution in [0.15, 0.2) is 66.7 Å². The van der Waals surface area contributed by atoms with Gasteiger partial charge in [-0.2, -0.15) is 0 Å². The fraction of sp³-hybridized carbons (Fsp3) is 0.355. The molecule has 1 fully saturated rings. The number of anilines is 1. The molecule has 3 aromatic carbocycles. The summed E-state index contributed by atoms with van der Waals surface area (Å²) in [6.07, 6.45) is 4.00. The topological polar surface area (TPSA) is 98.6 Å². The van der Waals surface area contributed by atoms with Gasteiger partial charge in [0.05, 0.1) is 19.2 Å². The Labute approximate surface area is 234 Å². The summed E-state index contributed by atoms with van der Waals surface area (Å²) in [6.45, 7) is 4.25. The first-order valence-corrected chi connectivity index (χ1v) is 13.8. The van der Waals surface area contributed by atoms with Crippen LogP contribution in [0.1, 0.15) is 49.8 Å². The third kappa shape index (κ3) is 5.78. The standard InChI is InChI=1S/C31H35N5O4/c1-4-40-27-17-16-22(19-28(27)39-3)30(31(38)32-23-11-5-6-12-23)36(24-13-9-10-21(2)18-24)29(37)20-35-26-15-8-7-14-25(26)33-34-35/h7-10,13-19,23,30H,4-6,11-12,20H2,1-3H3,(H,32,38)/t30-/m1/s1. The molecular weight excluding hydrogens is 506 g/mol. The maximum Gasteiger partial charge on any atom is 0.249 e. The number of rotatable bonds is 10. The Morgan fingerprint density at radius 1 is 1.05 bits per heavy atom. The van der Waals surface area contributed by atoms with E-state index in [9.17, 15) is 9.59 Å². The molecule has 1 heterocycles. The van der Waals surface area contributed by atoms with Gasteiger partial charge in [-0.25, -0.2) is 4.68 Å². The number of amides is 2. The molecule has 1 N–H and O–H groups in total. The first-order chi connectivity index (χ1) is 19.5. The van der Waals surface area contributed by atoms with Gasteiger partial charge in [0.1, 0.15) is 18.1 Å². The monoisotopic (exact) mass is 541 g/mol. The van der Waals surface area contributed by atoms with Crippen molar-refractivity contribution in [1.82, 2.24) is 20.3 Å². The average molecular weight is 542 g/mol. The molecule has 0 bridgehead atoms. The molecule has 1 aromatic heterocycles. The lowest BCUT2D eigenvalue weighted by atomic mass is 10.0. The summed E-state index contributed by atoms with van der Waals surface area (Å²) in [5.74, 6) is 0.542. The van der Waals surface area contributed by atoms with Crippen LogP contribution in [-0.2, 0) is 16.1 Å². The molecule has 0 unspecified atom stereocenters. The third-order valence-corrected chi connectivity index (χ3v) is 7.27. The van der Waals surface area contributed by atoms with Crippen LogP contribution in [0.2, 0.25) is 0 Å². The van der Waals surface area contributed by atoms with Crippen molar-refractivity contribution in [2.24, 2.45) is 0 Å².